The van der Waals surface area contributed by atoms with Crippen molar-refractivity contribution < 1.29 is 32.3 Å². The van der Waals surface area contributed by atoms with Gasteiger partial charge in [-0.3, -0.25) is 4.57 Å². The van der Waals surface area contributed by atoms with E-state index in [1.165, 1.54) is 22.9 Å². The van der Waals surface area contributed by atoms with E-state index in [0.29, 0.717) is 17.7 Å². The van der Waals surface area contributed by atoms with Crippen molar-refractivity contribution in [3.05, 3.63) is 69.4 Å². The fourth-order valence-electron chi connectivity index (χ4n) is 3.18. The molecule has 1 aromatic heterocycles. The standard InChI is InChI=1S/C20H15ClF3N3O5/c21-17-7-14(32-20(22,23)24)5-6-16(17)13-3-1-12(2-4-13)10-30-15-8-26-9-18(27(28)29)25-19(26)31-11-15/h1-7,9,15H,8,10-11H2/t15-/m1/s1. The first-order chi connectivity index (χ1) is 15.2. The first-order valence-electron chi connectivity index (χ1n) is 9.28. The largest absolute Gasteiger partial charge is 0.573 e. The molecule has 0 saturated carbocycles. The molecule has 1 aliphatic heterocycles. The van der Waals surface area contributed by atoms with Crippen molar-refractivity contribution in [1.82, 2.24) is 9.55 Å². The number of hydrogen-bond acceptors (Lipinski definition) is 6. The summed E-state index contributed by atoms with van der Waals surface area (Å²) in [6, 6.07) is 11.1. The summed E-state index contributed by atoms with van der Waals surface area (Å²) in [4.78, 5) is 14.0. The van der Waals surface area contributed by atoms with E-state index in [0.717, 1.165) is 11.6 Å². The lowest BCUT2D eigenvalue weighted by atomic mass is 10.0. The average Bonchev–Trinajstić information content (AvgIpc) is 3.16. The van der Waals surface area contributed by atoms with E-state index in [2.05, 4.69) is 9.72 Å². The number of nitrogens with zero attached hydrogens (tertiary/aromatic N) is 3. The van der Waals surface area contributed by atoms with Gasteiger partial charge >= 0.3 is 18.2 Å². The first-order valence-corrected chi connectivity index (χ1v) is 9.66. The Morgan fingerprint density at radius 2 is 2.00 bits per heavy atom. The Kier molecular flexibility index (Phi) is 5.94. The molecule has 0 fully saturated rings. The number of aromatic nitrogens is 2. The van der Waals surface area contributed by atoms with E-state index in [4.69, 9.17) is 21.1 Å². The number of nitro groups is 1. The minimum Gasteiger partial charge on any atom is -0.443 e. The van der Waals surface area contributed by atoms with E-state index < -0.39 is 17.0 Å². The number of hydrogen-bond donors (Lipinski definition) is 0. The van der Waals surface area contributed by atoms with Gasteiger partial charge in [-0.15, -0.1) is 13.2 Å². The summed E-state index contributed by atoms with van der Waals surface area (Å²) in [5.41, 5.74) is 2.13. The zero-order chi connectivity index (χ0) is 22.9. The van der Waals surface area contributed by atoms with Gasteiger partial charge in [0.1, 0.15) is 24.7 Å². The summed E-state index contributed by atoms with van der Waals surface area (Å²) in [6.07, 6.45) is -3.80. The summed E-state index contributed by atoms with van der Waals surface area (Å²) in [6.45, 7) is 0.858. The molecule has 0 N–H and O–H groups in total. The lowest BCUT2D eigenvalue weighted by molar-refractivity contribution is -0.389. The molecule has 0 spiro atoms. The number of alkyl halides is 3. The lowest BCUT2D eigenvalue weighted by Crippen LogP contribution is -2.32. The van der Waals surface area contributed by atoms with E-state index >= 15 is 0 Å². The molecule has 1 aliphatic rings. The quantitative estimate of drug-likeness (QED) is 0.373. The van der Waals surface area contributed by atoms with Crippen molar-refractivity contribution in [3.63, 3.8) is 0 Å². The van der Waals surface area contributed by atoms with Gasteiger partial charge in [-0.2, -0.15) is 0 Å². The van der Waals surface area contributed by atoms with Crippen molar-refractivity contribution in [2.75, 3.05) is 6.61 Å². The maximum absolute atomic E-state index is 12.3. The van der Waals surface area contributed by atoms with E-state index in [9.17, 15) is 23.3 Å². The molecule has 0 aliphatic carbocycles. The maximum atomic E-state index is 12.3. The van der Waals surface area contributed by atoms with Gasteiger partial charge in [0.2, 0.25) is 0 Å². The van der Waals surface area contributed by atoms with Gasteiger partial charge in [0.15, 0.2) is 0 Å². The second-order valence-electron chi connectivity index (χ2n) is 6.92. The highest BCUT2D eigenvalue weighted by molar-refractivity contribution is 6.33. The van der Waals surface area contributed by atoms with Crippen molar-refractivity contribution in [1.29, 1.82) is 0 Å². The Balaban J connectivity index is 1.37. The number of imidazole rings is 1. The monoisotopic (exact) mass is 469 g/mol. The number of benzene rings is 2. The third-order valence-electron chi connectivity index (χ3n) is 4.64. The number of ether oxygens (including phenoxy) is 3. The summed E-state index contributed by atoms with van der Waals surface area (Å²) < 4.78 is 53.7. The zero-order valence-corrected chi connectivity index (χ0v) is 17.0. The van der Waals surface area contributed by atoms with Crippen LogP contribution in [0.3, 0.4) is 0 Å². The SMILES string of the molecule is O=[N+]([O-])c1cn2c(n1)OC[C@H](OCc1ccc(-c3ccc(OC(F)(F)F)cc3Cl)cc1)C2. The van der Waals surface area contributed by atoms with Gasteiger partial charge in [0.25, 0.3) is 0 Å². The van der Waals surface area contributed by atoms with Crippen molar-refractivity contribution >= 4 is 17.4 Å². The molecule has 2 aromatic carbocycles. The zero-order valence-electron chi connectivity index (χ0n) is 16.2. The molecule has 12 heteroatoms. The Bertz CT molecular complexity index is 1130. The predicted molar refractivity (Wildman–Crippen MR) is 107 cm³/mol. The molecule has 0 saturated heterocycles. The highest BCUT2D eigenvalue weighted by Gasteiger charge is 2.31. The fraction of sp³-hybridized carbons (Fsp3) is 0.250. The van der Waals surface area contributed by atoms with E-state index in [1.54, 1.807) is 12.1 Å². The maximum Gasteiger partial charge on any atom is 0.573 e. The van der Waals surface area contributed by atoms with Crippen molar-refractivity contribution in [2.45, 2.75) is 25.6 Å². The lowest BCUT2D eigenvalue weighted by Gasteiger charge is -2.22. The van der Waals surface area contributed by atoms with Crippen molar-refractivity contribution in [3.8, 4) is 22.9 Å². The second kappa shape index (κ2) is 8.67. The molecule has 0 amide bonds. The highest BCUT2D eigenvalue weighted by atomic mass is 35.5. The summed E-state index contributed by atoms with van der Waals surface area (Å²) in [7, 11) is 0. The average molecular weight is 470 g/mol. The van der Waals surface area contributed by atoms with Crippen LogP contribution >= 0.6 is 11.6 Å². The van der Waals surface area contributed by atoms with E-state index in [-0.39, 0.29) is 36.2 Å². The molecule has 3 aromatic rings. The third kappa shape index (κ3) is 5.11. The van der Waals surface area contributed by atoms with Crippen LogP contribution in [0.1, 0.15) is 5.56 Å². The minimum absolute atomic E-state index is 0.125. The molecular weight excluding hydrogens is 455 g/mol. The molecule has 32 heavy (non-hydrogen) atoms. The summed E-state index contributed by atoms with van der Waals surface area (Å²) >= 11 is 6.12. The van der Waals surface area contributed by atoms with Gasteiger partial charge in [-0.05, 0) is 34.2 Å². The van der Waals surface area contributed by atoms with Crippen LogP contribution in [-0.4, -0.2) is 33.5 Å². The predicted octanol–water partition coefficient (Wildman–Crippen LogP) is 4.99. The Hall–Kier alpha value is -3.31. The van der Waals surface area contributed by atoms with Crippen LogP contribution < -0.4 is 9.47 Å². The Morgan fingerprint density at radius 3 is 2.66 bits per heavy atom. The summed E-state index contributed by atoms with van der Waals surface area (Å²) in [5.74, 6) is -0.676. The van der Waals surface area contributed by atoms with Crippen LogP contribution in [0.15, 0.2) is 48.7 Å². The Labute approximate surface area is 184 Å². The molecule has 168 valence electrons. The molecule has 4 rings (SSSR count). The van der Waals surface area contributed by atoms with Crippen LogP contribution in [0, 0.1) is 10.1 Å². The van der Waals surface area contributed by atoms with Crippen LogP contribution in [0.2, 0.25) is 5.02 Å². The van der Waals surface area contributed by atoms with Crippen LogP contribution in [0.5, 0.6) is 11.8 Å². The molecule has 8 nitrogen and oxygen atoms in total. The molecule has 0 bridgehead atoms. The number of fused-ring (bicyclic) bond motifs is 1. The molecule has 2 heterocycles. The highest BCUT2D eigenvalue weighted by Crippen LogP contribution is 2.33. The molecule has 1 atom stereocenters. The summed E-state index contributed by atoms with van der Waals surface area (Å²) in [5, 5.41) is 10.9. The first kappa shape index (κ1) is 21.9. The van der Waals surface area contributed by atoms with Gasteiger partial charge in [-0.25, -0.2) is 0 Å². The van der Waals surface area contributed by atoms with Gasteiger partial charge in [0.05, 0.1) is 18.2 Å². The molecular formula is C20H15ClF3N3O5. The third-order valence-corrected chi connectivity index (χ3v) is 4.95. The molecule has 0 unspecified atom stereocenters. The number of rotatable bonds is 6. The van der Waals surface area contributed by atoms with Crippen LogP contribution in [0.25, 0.3) is 11.1 Å². The van der Waals surface area contributed by atoms with Gasteiger partial charge in [0, 0.05) is 10.5 Å². The number of halogens is 4. The van der Waals surface area contributed by atoms with Crippen LogP contribution in [-0.2, 0) is 17.9 Å². The van der Waals surface area contributed by atoms with Crippen molar-refractivity contribution in [2.24, 2.45) is 0 Å². The fourth-order valence-corrected chi connectivity index (χ4v) is 3.46. The minimum atomic E-state index is -4.79. The van der Waals surface area contributed by atoms with Crippen LogP contribution in [0.4, 0.5) is 19.0 Å². The molecule has 0 radical (unpaired) electrons. The Morgan fingerprint density at radius 1 is 1.25 bits per heavy atom. The van der Waals surface area contributed by atoms with Gasteiger partial charge in [-0.1, -0.05) is 35.9 Å². The smallest absolute Gasteiger partial charge is 0.443 e. The normalized spacial score (nSPS) is 15.7. The second-order valence-corrected chi connectivity index (χ2v) is 7.33. The van der Waals surface area contributed by atoms with E-state index in [1.807, 2.05) is 12.1 Å². The topological polar surface area (TPSA) is 88.7 Å². The van der Waals surface area contributed by atoms with Gasteiger partial charge < -0.3 is 24.3 Å².